The first kappa shape index (κ1) is 15.6. The van der Waals surface area contributed by atoms with E-state index in [1.165, 1.54) is 6.33 Å². The molecule has 0 radical (unpaired) electrons. The first-order valence-corrected chi connectivity index (χ1v) is 7.61. The van der Waals surface area contributed by atoms with Crippen LogP contribution >= 0.6 is 0 Å². The Morgan fingerprint density at radius 3 is 3.13 bits per heavy atom. The minimum absolute atomic E-state index is 0.0792. The zero-order valence-corrected chi connectivity index (χ0v) is 13.0. The van der Waals surface area contributed by atoms with Crippen molar-refractivity contribution in [3.63, 3.8) is 0 Å². The fraction of sp³-hybridized carbons (Fsp3) is 0.438. The number of amides is 1. The summed E-state index contributed by atoms with van der Waals surface area (Å²) in [6, 6.07) is 7.02. The minimum Gasteiger partial charge on any atom is -0.392 e. The van der Waals surface area contributed by atoms with E-state index in [1.54, 1.807) is 36.2 Å². The Morgan fingerprint density at radius 1 is 1.52 bits per heavy atom. The maximum Gasteiger partial charge on any atom is 0.253 e. The summed E-state index contributed by atoms with van der Waals surface area (Å²) in [6.07, 6.45) is 2.25. The van der Waals surface area contributed by atoms with Gasteiger partial charge in [0.2, 0.25) is 0 Å². The molecule has 0 unspecified atom stereocenters. The first-order chi connectivity index (χ1) is 11.2. The molecule has 1 fully saturated rings. The van der Waals surface area contributed by atoms with Gasteiger partial charge in [-0.05, 0) is 24.1 Å². The van der Waals surface area contributed by atoms with Crippen LogP contribution in [0.4, 0.5) is 0 Å². The van der Waals surface area contributed by atoms with Crippen LogP contribution in [0.25, 0.3) is 0 Å². The summed E-state index contributed by atoms with van der Waals surface area (Å²) in [5, 5.41) is 16.0. The van der Waals surface area contributed by atoms with E-state index in [1.807, 2.05) is 0 Å². The van der Waals surface area contributed by atoms with Crippen LogP contribution in [0.3, 0.4) is 0 Å². The van der Waals surface area contributed by atoms with Gasteiger partial charge in [-0.25, -0.2) is 4.98 Å². The van der Waals surface area contributed by atoms with Gasteiger partial charge < -0.3 is 14.7 Å². The molecule has 2 heterocycles. The number of benzene rings is 1. The molecule has 122 valence electrons. The number of rotatable bonds is 5. The van der Waals surface area contributed by atoms with Crippen LogP contribution < -0.4 is 0 Å². The van der Waals surface area contributed by atoms with Crippen LogP contribution in [0.5, 0.6) is 0 Å². The van der Waals surface area contributed by atoms with Crippen LogP contribution in [0, 0.1) is 0 Å². The third-order valence-corrected chi connectivity index (χ3v) is 4.15. The van der Waals surface area contributed by atoms with E-state index in [2.05, 4.69) is 15.2 Å². The van der Waals surface area contributed by atoms with Crippen molar-refractivity contribution < 1.29 is 14.6 Å². The normalized spacial score (nSPS) is 20.6. The van der Waals surface area contributed by atoms with Gasteiger partial charge in [-0.15, -0.1) is 0 Å². The van der Waals surface area contributed by atoms with Crippen LogP contribution in [0.15, 0.2) is 30.6 Å². The van der Waals surface area contributed by atoms with E-state index in [-0.39, 0.29) is 24.5 Å². The highest BCUT2D eigenvalue weighted by atomic mass is 16.5. The van der Waals surface area contributed by atoms with E-state index in [9.17, 15) is 9.90 Å². The van der Waals surface area contributed by atoms with E-state index < -0.39 is 0 Å². The van der Waals surface area contributed by atoms with Gasteiger partial charge in [0.15, 0.2) is 0 Å². The summed E-state index contributed by atoms with van der Waals surface area (Å²) < 4.78 is 5.77. The van der Waals surface area contributed by atoms with Gasteiger partial charge in [0.25, 0.3) is 5.91 Å². The molecule has 0 spiro atoms. The average molecular weight is 316 g/mol. The van der Waals surface area contributed by atoms with Crippen LogP contribution in [0.2, 0.25) is 0 Å². The quantitative estimate of drug-likeness (QED) is 0.856. The van der Waals surface area contributed by atoms with Gasteiger partial charge in [-0.3, -0.25) is 9.89 Å². The minimum atomic E-state index is -0.0991. The lowest BCUT2D eigenvalue weighted by atomic mass is 10.00. The molecule has 2 atom stereocenters. The van der Waals surface area contributed by atoms with Gasteiger partial charge in [0.1, 0.15) is 12.2 Å². The second-order valence-electron chi connectivity index (χ2n) is 5.72. The third kappa shape index (κ3) is 3.40. The van der Waals surface area contributed by atoms with Crippen molar-refractivity contribution in [1.29, 1.82) is 0 Å². The van der Waals surface area contributed by atoms with Gasteiger partial charge in [0, 0.05) is 31.7 Å². The number of carbonyl (C=O) groups excluding carboxylic acids is 1. The molecule has 1 aliphatic rings. The molecule has 1 aromatic heterocycles. The molecule has 7 nitrogen and oxygen atoms in total. The number of carbonyl (C=O) groups is 1. The van der Waals surface area contributed by atoms with Crippen LogP contribution in [-0.4, -0.2) is 57.4 Å². The van der Waals surface area contributed by atoms with Crippen molar-refractivity contribution in [1.82, 2.24) is 20.1 Å². The number of aromatic nitrogens is 3. The summed E-state index contributed by atoms with van der Waals surface area (Å²) in [5.74, 6) is 0.833. The molecule has 2 aromatic rings. The summed E-state index contributed by atoms with van der Waals surface area (Å²) in [5.41, 5.74) is 1.29. The molecule has 7 heteroatoms. The van der Waals surface area contributed by atoms with Gasteiger partial charge >= 0.3 is 0 Å². The molecule has 3 rings (SSSR count). The Morgan fingerprint density at radius 2 is 2.39 bits per heavy atom. The Labute approximate surface area is 134 Å². The van der Waals surface area contributed by atoms with Gasteiger partial charge in [-0.1, -0.05) is 12.1 Å². The maximum absolute atomic E-state index is 12.5. The lowest BCUT2D eigenvalue weighted by Gasteiger charge is -2.24. The number of aliphatic hydroxyl groups excluding tert-OH is 1. The van der Waals surface area contributed by atoms with Crippen molar-refractivity contribution in [3.8, 4) is 0 Å². The summed E-state index contributed by atoms with van der Waals surface area (Å²) >= 11 is 0. The highest BCUT2D eigenvalue weighted by molar-refractivity contribution is 5.94. The lowest BCUT2D eigenvalue weighted by Crippen LogP contribution is -2.36. The number of nitrogens with one attached hydrogen (secondary N) is 1. The van der Waals surface area contributed by atoms with Crippen molar-refractivity contribution in [2.75, 3.05) is 20.2 Å². The first-order valence-electron chi connectivity index (χ1n) is 7.61. The number of likely N-dealkylation sites (N-methyl/N-ethyl adjacent to an activating group) is 1. The second kappa shape index (κ2) is 6.89. The van der Waals surface area contributed by atoms with Crippen molar-refractivity contribution >= 4 is 5.91 Å². The number of hydrogen-bond acceptors (Lipinski definition) is 5. The van der Waals surface area contributed by atoms with E-state index >= 15 is 0 Å². The molecule has 0 saturated carbocycles. The average Bonchev–Trinajstić information content (AvgIpc) is 3.25. The predicted molar refractivity (Wildman–Crippen MR) is 82.8 cm³/mol. The summed E-state index contributed by atoms with van der Waals surface area (Å²) in [6.45, 7) is 1.05. The zero-order chi connectivity index (χ0) is 16.2. The smallest absolute Gasteiger partial charge is 0.253 e. The molecular weight excluding hydrogens is 296 g/mol. The monoisotopic (exact) mass is 316 g/mol. The maximum atomic E-state index is 12.5. The number of H-pyrrole nitrogens is 1. The van der Waals surface area contributed by atoms with Crippen molar-refractivity contribution in [2.24, 2.45) is 0 Å². The summed E-state index contributed by atoms with van der Waals surface area (Å²) in [4.78, 5) is 18.4. The largest absolute Gasteiger partial charge is 0.392 e. The standard InChI is InChI=1S/C16H20N4O3/c1-20(16(22)12-4-2-3-11(7-12)9-21)8-14-13(5-6-23-14)15-17-10-18-19-15/h2-4,7,10,13-14,21H,5-6,8-9H2,1H3,(H,17,18,19)/t13-,14-/m1/s1. The van der Waals surface area contributed by atoms with E-state index in [0.717, 1.165) is 17.8 Å². The van der Waals surface area contributed by atoms with E-state index in [0.29, 0.717) is 18.7 Å². The molecule has 1 amide bonds. The highest BCUT2D eigenvalue weighted by Gasteiger charge is 2.33. The number of nitrogens with zero attached hydrogens (tertiary/aromatic N) is 3. The molecule has 1 aromatic carbocycles. The lowest BCUT2D eigenvalue weighted by molar-refractivity contribution is 0.0550. The molecule has 0 bridgehead atoms. The van der Waals surface area contributed by atoms with Gasteiger partial charge in [0.05, 0.1) is 12.7 Å². The fourth-order valence-corrected chi connectivity index (χ4v) is 2.91. The highest BCUT2D eigenvalue weighted by Crippen LogP contribution is 2.29. The van der Waals surface area contributed by atoms with Crippen molar-refractivity contribution in [2.45, 2.75) is 25.0 Å². The topological polar surface area (TPSA) is 91.3 Å². The Hall–Kier alpha value is -2.25. The number of hydrogen-bond donors (Lipinski definition) is 2. The third-order valence-electron chi connectivity index (χ3n) is 4.15. The van der Waals surface area contributed by atoms with E-state index in [4.69, 9.17) is 4.74 Å². The van der Waals surface area contributed by atoms with Gasteiger partial charge in [-0.2, -0.15) is 5.10 Å². The predicted octanol–water partition coefficient (Wildman–Crippen LogP) is 0.942. The van der Waals surface area contributed by atoms with Crippen LogP contribution in [0.1, 0.15) is 34.1 Å². The van der Waals surface area contributed by atoms with Crippen LogP contribution in [-0.2, 0) is 11.3 Å². The molecule has 1 aliphatic heterocycles. The molecule has 1 saturated heterocycles. The van der Waals surface area contributed by atoms with Crippen molar-refractivity contribution in [3.05, 3.63) is 47.5 Å². The SMILES string of the molecule is CN(C[C@H]1OCC[C@H]1c1ncn[nH]1)C(=O)c1cccc(CO)c1. The summed E-state index contributed by atoms with van der Waals surface area (Å²) in [7, 11) is 1.76. The number of ether oxygens (including phenoxy) is 1. The molecule has 23 heavy (non-hydrogen) atoms. The number of aliphatic hydroxyl groups is 1. The Balaban J connectivity index is 1.68. The fourth-order valence-electron chi connectivity index (χ4n) is 2.91. The second-order valence-corrected chi connectivity index (χ2v) is 5.72. The Kier molecular flexibility index (Phi) is 4.68. The molecule has 2 N–H and O–H groups in total. The molecule has 0 aliphatic carbocycles. The molecular formula is C16H20N4O3. The Bertz CT molecular complexity index is 659. The number of aromatic amines is 1. The zero-order valence-electron chi connectivity index (χ0n) is 13.0.